The van der Waals surface area contributed by atoms with Crippen molar-refractivity contribution in [2.24, 2.45) is 17.8 Å². The van der Waals surface area contributed by atoms with Crippen molar-refractivity contribution in [3.05, 3.63) is 54.6 Å². The van der Waals surface area contributed by atoms with Crippen LogP contribution in [0.1, 0.15) is 50.6 Å². The lowest BCUT2D eigenvalue weighted by atomic mass is 9.80. The number of aromatic nitrogens is 4. The van der Waals surface area contributed by atoms with Crippen molar-refractivity contribution < 1.29 is 28.9 Å². The zero-order chi connectivity index (χ0) is 29.8. The van der Waals surface area contributed by atoms with Crippen LogP contribution in [0.15, 0.2) is 49.1 Å². The maximum atomic E-state index is 12.2. The number of nitrogens with one attached hydrogen (secondary N) is 2. The van der Waals surface area contributed by atoms with Crippen LogP contribution in [0.2, 0.25) is 0 Å². The van der Waals surface area contributed by atoms with E-state index in [-0.39, 0.29) is 42.0 Å². The number of carbonyl (C=O) groups excluding carboxylic acids is 1. The van der Waals surface area contributed by atoms with Gasteiger partial charge in [0.05, 0.1) is 37.6 Å². The van der Waals surface area contributed by atoms with E-state index in [2.05, 4.69) is 25.6 Å². The summed E-state index contributed by atoms with van der Waals surface area (Å²) in [6.07, 6.45) is 10.2. The molecule has 1 saturated heterocycles. The second-order valence-electron chi connectivity index (χ2n) is 11.5. The molecule has 3 aliphatic rings. The number of imidazole rings is 1. The molecule has 3 heterocycles. The number of nitrogens with zero attached hydrogens (tertiary/aromatic N) is 4. The molecule has 6 rings (SSSR count). The summed E-state index contributed by atoms with van der Waals surface area (Å²) in [4.78, 5) is 37.3. The van der Waals surface area contributed by atoms with E-state index < -0.39 is 12.3 Å². The van der Waals surface area contributed by atoms with Gasteiger partial charge in [-0.2, -0.15) is 0 Å². The molecule has 2 amide bonds. The molecule has 2 aliphatic carbocycles. The average molecular weight is 591 g/mol. The highest BCUT2D eigenvalue weighted by atomic mass is 16.7. The molecular formula is C31H38N6O6. The summed E-state index contributed by atoms with van der Waals surface area (Å²) in [6.45, 7) is 3.18. The van der Waals surface area contributed by atoms with E-state index in [4.69, 9.17) is 14.2 Å². The van der Waals surface area contributed by atoms with Crippen LogP contribution in [0.25, 0.3) is 17.2 Å². The highest BCUT2D eigenvalue weighted by molar-refractivity contribution is 5.95. The van der Waals surface area contributed by atoms with Gasteiger partial charge in [-0.25, -0.2) is 19.7 Å². The first-order valence-electron chi connectivity index (χ1n) is 15.1. The molecule has 6 unspecified atom stereocenters. The minimum atomic E-state index is -0.732. The van der Waals surface area contributed by atoms with E-state index in [1.807, 2.05) is 54.0 Å². The fourth-order valence-corrected chi connectivity index (χ4v) is 6.64. The number of amides is 2. The van der Waals surface area contributed by atoms with Crippen LogP contribution < -0.4 is 10.6 Å². The van der Waals surface area contributed by atoms with Gasteiger partial charge in [0.15, 0.2) is 23.3 Å². The van der Waals surface area contributed by atoms with E-state index in [9.17, 15) is 14.7 Å². The highest BCUT2D eigenvalue weighted by Crippen LogP contribution is 2.45. The van der Waals surface area contributed by atoms with Crippen molar-refractivity contribution >= 4 is 35.1 Å². The van der Waals surface area contributed by atoms with Crippen LogP contribution in [0.3, 0.4) is 0 Å². The summed E-state index contributed by atoms with van der Waals surface area (Å²) in [5.74, 6) is -0.715. The van der Waals surface area contributed by atoms with Gasteiger partial charge >= 0.3 is 12.0 Å². The Labute approximate surface area is 249 Å². The fourth-order valence-electron chi connectivity index (χ4n) is 6.64. The number of urea groups is 1. The molecule has 0 radical (unpaired) electrons. The SMILES string of the molecule is CCNC(=O)Nc1ncnc2c1ncn2C1CC(COCC2CCCCC2C(=O)O)C2O[C@H](C=Cc3ccccc3)OC21. The van der Waals surface area contributed by atoms with Crippen molar-refractivity contribution in [1.82, 2.24) is 24.8 Å². The summed E-state index contributed by atoms with van der Waals surface area (Å²) in [5.41, 5.74) is 2.13. The van der Waals surface area contributed by atoms with Gasteiger partial charge in [0.1, 0.15) is 12.4 Å². The van der Waals surface area contributed by atoms with E-state index in [0.29, 0.717) is 49.6 Å². The Morgan fingerprint density at radius 2 is 1.86 bits per heavy atom. The van der Waals surface area contributed by atoms with Crippen LogP contribution in [0.4, 0.5) is 10.6 Å². The second-order valence-corrected chi connectivity index (χ2v) is 11.5. The molecule has 3 fully saturated rings. The normalized spacial score (nSPS) is 28.7. The van der Waals surface area contributed by atoms with Crippen LogP contribution in [0.5, 0.6) is 0 Å². The predicted octanol–water partition coefficient (Wildman–Crippen LogP) is 4.26. The number of anilines is 1. The molecule has 0 bridgehead atoms. The van der Waals surface area contributed by atoms with E-state index in [1.165, 1.54) is 6.33 Å². The van der Waals surface area contributed by atoms with Gasteiger partial charge in [0.2, 0.25) is 0 Å². The lowest BCUT2D eigenvalue weighted by Gasteiger charge is -2.29. The molecule has 2 saturated carbocycles. The number of carbonyl (C=O) groups is 2. The third-order valence-electron chi connectivity index (χ3n) is 8.72. The van der Waals surface area contributed by atoms with Crippen molar-refractivity contribution in [1.29, 1.82) is 0 Å². The lowest BCUT2D eigenvalue weighted by molar-refractivity contribution is -0.146. The monoisotopic (exact) mass is 590 g/mol. The Morgan fingerprint density at radius 3 is 2.67 bits per heavy atom. The van der Waals surface area contributed by atoms with Gasteiger partial charge < -0.3 is 29.2 Å². The lowest BCUT2D eigenvalue weighted by Crippen LogP contribution is -2.32. The summed E-state index contributed by atoms with van der Waals surface area (Å²) in [7, 11) is 0. The van der Waals surface area contributed by atoms with Crippen LogP contribution in [-0.4, -0.2) is 74.9 Å². The third-order valence-corrected chi connectivity index (χ3v) is 8.72. The van der Waals surface area contributed by atoms with Crippen molar-refractivity contribution in [2.45, 2.75) is 63.6 Å². The Morgan fingerprint density at radius 1 is 1.07 bits per heavy atom. The van der Waals surface area contributed by atoms with E-state index in [1.54, 1.807) is 6.33 Å². The summed E-state index contributed by atoms with van der Waals surface area (Å²) >= 11 is 0. The quantitative estimate of drug-likeness (QED) is 0.315. The van der Waals surface area contributed by atoms with E-state index >= 15 is 0 Å². The molecular weight excluding hydrogens is 552 g/mol. The number of rotatable bonds is 10. The number of carboxylic acids is 1. The van der Waals surface area contributed by atoms with Crippen LogP contribution >= 0.6 is 0 Å². The number of fused-ring (bicyclic) bond motifs is 2. The van der Waals surface area contributed by atoms with Gasteiger partial charge in [-0.1, -0.05) is 49.2 Å². The van der Waals surface area contributed by atoms with Gasteiger partial charge in [-0.3, -0.25) is 10.1 Å². The molecule has 3 N–H and O–H groups in total. The first-order valence-corrected chi connectivity index (χ1v) is 15.1. The number of aliphatic carboxylic acids is 1. The molecule has 43 heavy (non-hydrogen) atoms. The number of ether oxygens (including phenoxy) is 3. The molecule has 228 valence electrons. The summed E-state index contributed by atoms with van der Waals surface area (Å²) in [6, 6.07) is 9.47. The standard InChI is InChI=1S/C31H38N6O6/c1-2-32-31(40)36-28-25-29(34-17-33-28)37(18-35-25)23-14-21(16-41-15-20-10-6-7-11-22(20)30(38)39)26-27(23)43-24(42-26)13-12-19-8-4-3-5-9-19/h3-5,8-9,12-13,17-18,20-24,26-27H,2,6-7,10-11,14-16H2,1H3,(H,38,39)(H2,32,33,34,36,40)/t20?,21?,22?,23?,24-,26?,27?/m0/s1. The fraction of sp³-hybridized carbons (Fsp3) is 0.516. The average Bonchev–Trinajstić information content (AvgIpc) is 3.72. The first kappa shape index (κ1) is 29.2. The van der Waals surface area contributed by atoms with Gasteiger partial charge in [0.25, 0.3) is 0 Å². The molecule has 1 aromatic carbocycles. The Balaban J connectivity index is 1.21. The van der Waals surface area contributed by atoms with Gasteiger partial charge in [-0.15, -0.1) is 0 Å². The smallest absolute Gasteiger partial charge is 0.320 e. The predicted molar refractivity (Wildman–Crippen MR) is 158 cm³/mol. The van der Waals surface area contributed by atoms with Crippen molar-refractivity contribution in [2.75, 3.05) is 25.1 Å². The Bertz CT molecular complexity index is 1450. The highest BCUT2D eigenvalue weighted by Gasteiger charge is 2.52. The zero-order valence-electron chi connectivity index (χ0n) is 24.2. The minimum absolute atomic E-state index is 0.0178. The van der Waals surface area contributed by atoms with Crippen LogP contribution in [-0.2, 0) is 19.0 Å². The molecule has 1 aliphatic heterocycles. The minimum Gasteiger partial charge on any atom is -0.481 e. The summed E-state index contributed by atoms with van der Waals surface area (Å²) in [5, 5.41) is 15.1. The second kappa shape index (κ2) is 13.2. The summed E-state index contributed by atoms with van der Waals surface area (Å²) < 4.78 is 21.1. The number of benzene rings is 1. The largest absolute Gasteiger partial charge is 0.481 e. The van der Waals surface area contributed by atoms with Crippen LogP contribution in [0, 0.1) is 17.8 Å². The number of hydrogen-bond acceptors (Lipinski definition) is 8. The topological polar surface area (TPSA) is 150 Å². The van der Waals surface area contributed by atoms with Gasteiger partial charge in [-0.05, 0) is 43.7 Å². The molecule has 12 heteroatoms. The number of hydrogen-bond donors (Lipinski definition) is 3. The first-order chi connectivity index (χ1) is 21.0. The molecule has 3 aromatic rings. The molecule has 0 spiro atoms. The molecule has 12 nitrogen and oxygen atoms in total. The maximum Gasteiger partial charge on any atom is 0.320 e. The van der Waals surface area contributed by atoms with Gasteiger partial charge in [0, 0.05) is 12.5 Å². The Kier molecular flexibility index (Phi) is 8.96. The van der Waals surface area contributed by atoms with E-state index in [0.717, 1.165) is 24.8 Å². The third kappa shape index (κ3) is 6.41. The Hall–Kier alpha value is -3.87. The molecule has 7 atom stereocenters. The van der Waals surface area contributed by atoms with Crippen molar-refractivity contribution in [3.63, 3.8) is 0 Å². The molecule has 2 aromatic heterocycles. The number of carboxylic acid groups (broad SMARTS) is 1. The zero-order valence-corrected chi connectivity index (χ0v) is 24.2. The maximum absolute atomic E-state index is 12.2. The van der Waals surface area contributed by atoms with Crippen molar-refractivity contribution in [3.8, 4) is 0 Å².